The SMILES string of the molecule is N[C@@H](Cc1c[nH]c2ccccc12)C(=O)NCc1ccncc1. The molecule has 4 N–H and O–H groups in total. The number of pyridine rings is 1. The lowest BCUT2D eigenvalue weighted by Crippen LogP contribution is -2.41. The van der Waals surface area contributed by atoms with E-state index in [-0.39, 0.29) is 5.91 Å². The molecule has 0 aliphatic carbocycles. The Labute approximate surface area is 128 Å². The minimum absolute atomic E-state index is 0.151. The number of carbonyl (C=O) groups excluding carboxylic acids is 1. The van der Waals surface area contributed by atoms with Crippen LogP contribution in [0.15, 0.2) is 55.0 Å². The number of hydrogen-bond acceptors (Lipinski definition) is 3. The van der Waals surface area contributed by atoms with E-state index in [0.717, 1.165) is 22.0 Å². The highest BCUT2D eigenvalue weighted by atomic mass is 16.2. The van der Waals surface area contributed by atoms with E-state index < -0.39 is 6.04 Å². The van der Waals surface area contributed by atoms with Crippen LogP contribution in [0.4, 0.5) is 0 Å². The predicted octanol–water partition coefficient (Wildman–Crippen LogP) is 1.75. The zero-order valence-corrected chi connectivity index (χ0v) is 12.1. The molecule has 0 saturated heterocycles. The Hall–Kier alpha value is -2.66. The molecule has 0 aliphatic heterocycles. The molecule has 0 radical (unpaired) electrons. The molecule has 0 fully saturated rings. The summed E-state index contributed by atoms with van der Waals surface area (Å²) in [5, 5.41) is 3.97. The van der Waals surface area contributed by atoms with Crippen molar-refractivity contribution >= 4 is 16.8 Å². The minimum atomic E-state index is -0.568. The van der Waals surface area contributed by atoms with Gasteiger partial charge in [0.05, 0.1) is 6.04 Å². The number of nitrogens with two attached hydrogens (primary N) is 1. The number of hydrogen-bond donors (Lipinski definition) is 3. The molecule has 3 rings (SSSR count). The molecule has 1 aromatic carbocycles. The van der Waals surface area contributed by atoms with Crippen molar-refractivity contribution in [3.05, 3.63) is 66.1 Å². The predicted molar refractivity (Wildman–Crippen MR) is 86.1 cm³/mol. The fraction of sp³-hybridized carbons (Fsp3) is 0.176. The second kappa shape index (κ2) is 6.41. The van der Waals surface area contributed by atoms with Crippen molar-refractivity contribution < 1.29 is 4.79 Å². The molecule has 22 heavy (non-hydrogen) atoms. The molecule has 0 saturated carbocycles. The van der Waals surface area contributed by atoms with Crippen molar-refractivity contribution in [1.29, 1.82) is 0 Å². The summed E-state index contributed by atoms with van der Waals surface area (Å²) < 4.78 is 0. The van der Waals surface area contributed by atoms with Crippen LogP contribution in [0.25, 0.3) is 10.9 Å². The summed E-state index contributed by atoms with van der Waals surface area (Å²) in [5.74, 6) is -0.151. The van der Waals surface area contributed by atoms with Gasteiger partial charge in [-0.15, -0.1) is 0 Å². The average Bonchev–Trinajstić information content (AvgIpc) is 2.97. The molecule has 3 aromatic rings. The molecule has 5 heteroatoms. The summed E-state index contributed by atoms with van der Waals surface area (Å²) in [6.07, 6.45) is 5.83. The highest BCUT2D eigenvalue weighted by Gasteiger charge is 2.15. The Morgan fingerprint density at radius 2 is 2.00 bits per heavy atom. The maximum atomic E-state index is 12.1. The summed E-state index contributed by atoms with van der Waals surface area (Å²) in [5.41, 5.74) is 9.14. The van der Waals surface area contributed by atoms with Gasteiger partial charge >= 0.3 is 0 Å². The van der Waals surface area contributed by atoms with Crippen LogP contribution >= 0.6 is 0 Å². The molecule has 0 unspecified atom stereocenters. The molecule has 1 amide bonds. The van der Waals surface area contributed by atoms with Gasteiger partial charge < -0.3 is 16.0 Å². The monoisotopic (exact) mass is 294 g/mol. The van der Waals surface area contributed by atoms with Crippen molar-refractivity contribution in [2.75, 3.05) is 0 Å². The van der Waals surface area contributed by atoms with E-state index in [1.807, 2.05) is 42.6 Å². The standard InChI is InChI=1S/C17H18N4O/c18-15(17(22)21-10-12-5-7-19-8-6-12)9-13-11-20-16-4-2-1-3-14(13)16/h1-8,11,15,20H,9-10,18H2,(H,21,22)/t15-/m0/s1. The summed E-state index contributed by atoms with van der Waals surface area (Å²) in [4.78, 5) is 19.3. The lowest BCUT2D eigenvalue weighted by atomic mass is 10.1. The number of nitrogens with zero attached hydrogens (tertiary/aromatic N) is 1. The van der Waals surface area contributed by atoms with Crippen LogP contribution in [-0.2, 0) is 17.8 Å². The summed E-state index contributed by atoms with van der Waals surface area (Å²) in [7, 11) is 0. The molecule has 2 aromatic heterocycles. The van der Waals surface area contributed by atoms with Crippen LogP contribution in [0.2, 0.25) is 0 Å². The minimum Gasteiger partial charge on any atom is -0.361 e. The number of aromatic nitrogens is 2. The van der Waals surface area contributed by atoms with Crippen LogP contribution in [0.1, 0.15) is 11.1 Å². The van der Waals surface area contributed by atoms with Crippen LogP contribution < -0.4 is 11.1 Å². The zero-order valence-electron chi connectivity index (χ0n) is 12.1. The first-order valence-electron chi connectivity index (χ1n) is 7.21. The van der Waals surface area contributed by atoms with Crippen molar-refractivity contribution in [3.8, 4) is 0 Å². The van der Waals surface area contributed by atoms with Crippen molar-refractivity contribution in [2.45, 2.75) is 19.0 Å². The van der Waals surface area contributed by atoms with E-state index in [9.17, 15) is 4.79 Å². The third kappa shape index (κ3) is 3.15. The van der Waals surface area contributed by atoms with Gasteiger partial charge in [0, 0.05) is 36.0 Å². The normalized spacial score (nSPS) is 12.2. The van der Waals surface area contributed by atoms with Gasteiger partial charge in [0.1, 0.15) is 0 Å². The molecule has 0 bridgehead atoms. The van der Waals surface area contributed by atoms with E-state index in [4.69, 9.17) is 5.73 Å². The molecular formula is C17H18N4O. The van der Waals surface area contributed by atoms with Gasteiger partial charge in [-0.2, -0.15) is 0 Å². The number of rotatable bonds is 5. The van der Waals surface area contributed by atoms with Crippen molar-refractivity contribution in [1.82, 2.24) is 15.3 Å². The Morgan fingerprint density at radius 3 is 2.82 bits per heavy atom. The van der Waals surface area contributed by atoms with Gasteiger partial charge in [-0.05, 0) is 35.7 Å². The van der Waals surface area contributed by atoms with Crippen LogP contribution in [0.5, 0.6) is 0 Å². The number of amides is 1. The Kier molecular flexibility index (Phi) is 4.16. The zero-order chi connectivity index (χ0) is 15.4. The van der Waals surface area contributed by atoms with E-state index in [1.165, 1.54) is 0 Å². The number of benzene rings is 1. The first kappa shape index (κ1) is 14.3. The number of aromatic amines is 1. The second-order valence-electron chi connectivity index (χ2n) is 5.24. The molecule has 112 valence electrons. The number of para-hydroxylation sites is 1. The molecule has 1 atom stereocenters. The second-order valence-corrected chi connectivity index (χ2v) is 5.24. The number of carbonyl (C=O) groups is 1. The fourth-order valence-electron chi connectivity index (χ4n) is 2.45. The Morgan fingerprint density at radius 1 is 1.23 bits per heavy atom. The van der Waals surface area contributed by atoms with Gasteiger partial charge in [0.15, 0.2) is 0 Å². The Balaban J connectivity index is 1.61. The summed E-state index contributed by atoms with van der Waals surface area (Å²) in [6, 6.07) is 11.2. The third-order valence-corrected chi connectivity index (χ3v) is 3.67. The molecule has 5 nitrogen and oxygen atoms in total. The fourth-order valence-corrected chi connectivity index (χ4v) is 2.45. The largest absolute Gasteiger partial charge is 0.361 e. The van der Waals surface area contributed by atoms with E-state index >= 15 is 0 Å². The molecule has 0 aliphatic rings. The van der Waals surface area contributed by atoms with Crippen LogP contribution in [0.3, 0.4) is 0 Å². The van der Waals surface area contributed by atoms with Crippen LogP contribution in [-0.4, -0.2) is 21.9 Å². The van der Waals surface area contributed by atoms with Crippen molar-refractivity contribution in [3.63, 3.8) is 0 Å². The number of fused-ring (bicyclic) bond motifs is 1. The number of nitrogens with one attached hydrogen (secondary N) is 2. The summed E-state index contributed by atoms with van der Waals surface area (Å²) >= 11 is 0. The van der Waals surface area contributed by atoms with Gasteiger partial charge in [0.2, 0.25) is 5.91 Å². The molecular weight excluding hydrogens is 276 g/mol. The first-order chi connectivity index (χ1) is 10.7. The first-order valence-corrected chi connectivity index (χ1v) is 7.21. The van der Waals surface area contributed by atoms with Gasteiger partial charge in [-0.25, -0.2) is 0 Å². The Bertz CT molecular complexity index is 766. The lowest BCUT2D eigenvalue weighted by Gasteiger charge is -2.12. The lowest BCUT2D eigenvalue weighted by molar-refractivity contribution is -0.122. The molecule has 0 spiro atoms. The maximum absolute atomic E-state index is 12.1. The van der Waals surface area contributed by atoms with Gasteiger partial charge in [-0.3, -0.25) is 9.78 Å². The third-order valence-electron chi connectivity index (χ3n) is 3.67. The van der Waals surface area contributed by atoms with E-state index in [2.05, 4.69) is 15.3 Å². The van der Waals surface area contributed by atoms with E-state index in [0.29, 0.717) is 13.0 Å². The average molecular weight is 294 g/mol. The highest BCUT2D eigenvalue weighted by molar-refractivity contribution is 5.86. The quantitative estimate of drug-likeness (QED) is 0.670. The number of H-pyrrole nitrogens is 1. The summed E-state index contributed by atoms with van der Waals surface area (Å²) in [6.45, 7) is 0.461. The van der Waals surface area contributed by atoms with Crippen molar-refractivity contribution in [2.24, 2.45) is 5.73 Å². The van der Waals surface area contributed by atoms with Gasteiger partial charge in [-0.1, -0.05) is 18.2 Å². The smallest absolute Gasteiger partial charge is 0.237 e. The maximum Gasteiger partial charge on any atom is 0.237 e. The topological polar surface area (TPSA) is 83.8 Å². The molecule has 2 heterocycles. The van der Waals surface area contributed by atoms with Crippen LogP contribution in [0, 0.1) is 0 Å². The van der Waals surface area contributed by atoms with E-state index in [1.54, 1.807) is 12.4 Å². The van der Waals surface area contributed by atoms with Gasteiger partial charge in [0.25, 0.3) is 0 Å². The highest BCUT2D eigenvalue weighted by Crippen LogP contribution is 2.18.